The minimum absolute atomic E-state index is 0.264. The molecular weight excluding hydrogens is 342 g/mol. The standard InChI is InChI=1S/C19H22ClNO4/c1-4-5-10-25-17-8-6-13(11-18(17)24-3)19(22)21-14-7-9-16(23-2)15(20)12-14/h6-9,11-12H,4-5,10H2,1-3H3,(H,21,22). The van der Waals surface area contributed by atoms with Crippen molar-refractivity contribution in [3.63, 3.8) is 0 Å². The van der Waals surface area contributed by atoms with Gasteiger partial charge in [0.2, 0.25) is 0 Å². The topological polar surface area (TPSA) is 56.8 Å². The van der Waals surface area contributed by atoms with Crippen LogP contribution < -0.4 is 19.5 Å². The fourth-order valence-corrected chi connectivity index (χ4v) is 2.46. The van der Waals surface area contributed by atoms with E-state index in [2.05, 4.69) is 12.2 Å². The zero-order valence-electron chi connectivity index (χ0n) is 14.6. The minimum Gasteiger partial charge on any atom is -0.495 e. The zero-order chi connectivity index (χ0) is 18.2. The van der Waals surface area contributed by atoms with Crippen LogP contribution in [0.5, 0.6) is 17.2 Å². The second-order valence-corrected chi connectivity index (χ2v) is 5.78. The van der Waals surface area contributed by atoms with Gasteiger partial charge in [0.25, 0.3) is 5.91 Å². The maximum Gasteiger partial charge on any atom is 0.255 e. The molecule has 6 heteroatoms. The number of ether oxygens (including phenoxy) is 3. The number of benzene rings is 2. The van der Waals surface area contributed by atoms with E-state index in [1.165, 1.54) is 7.11 Å². The van der Waals surface area contributed by atoms with E-state index in [1.54, 1.807) is 43.5 Å². The molecule has 134 valence electrons. The molecular formula is C19H22ClNO4. The first kappa shape index (κ1) is 18.9. The molecule has 0 aliphatic rings. The van der Waals surface area contributed by atoms with Gasteiger partial charge in [0.05, 0.1) is 25.8 Å². The smallest absolute Gasteiger partial charge is 0.255 e. The summed E-state index contributed by atoms with van der Waals surface area (Å²) in [5.74, 6) is 1.44. The first-order chi connectivity index (χ1) is 12.1. The van der Waals surface area contributed by atoms with E-state index >= 15 is 0 Å². The van der Waals surface area contributed by atoms with Gasteiger partial charge in [-0.05, 0) is 42.8 Å². The highest BCUT2D eigenvalue weighted by Gasteiger charge is 2.12. The van der Waals surface area contributed by atoms with Crippen molar-refractivity contribution >= 4 is 23.2 Å². The van der Waals surface area contributed by atoms with Crippen LogP contribution in [0, 0.1) is 0 Å². The van der Waals surface area contributed by atoms with E-state index < -0.39 is 0 Å². The second kappa shape index (κ2) is 9.18. The number of nitrogens with one attached hydrogen (secondary N) is 1. The zero-order valence-corrected chi connectivity index (χ0v) is 15.4. The van der Waals surface area contributed by atoms with Crippen molar-refractivity contribution in [2.24, 2.45) is 0 Å². The van der Waals surface area contributed by atoms with Crippen molar-refractivity contribution in [3.05, 3.63) is 47.0 Å². The number of hydrogen-bond acceptors (Lipinski definition) is 4. The van der Waals surface area contributed by atoms with Gasteiger partial charge in [0, 0.05) is 11.3 Å². The number of unbranched alkanes of at least 4 members (excludes halogenated alkanes) is 1. The fourth-order valence-electron chi connectivity index (χ4n) is 2.20. The first-order valence-electron chi connectivity index (χ1n) is 8.04. The van der Waals surface area contributed by atoms with Crippen LogP contribution in [0.1, 0.15) is 30.1 Å². The Bertz CT molecular complexity index is 733. The third-order valence-corrected chi connectivity index (χ3v) is 3.89. The Kier molecular flexibility index (Phi) is 6.95. The molecule has 0 aromatic heterocycles. The number of halogens is 1. The van der Waals surface area contributed by atoms with E-state index in [0.29, 0.717) is 40.1 Å². The number of carbonyl (C=O) groups is 1. The minimum atomic E-state index is -0.264. The predicted molar refractivity (Wildman–Crippen MR) is 99.4 cm³/mol. The van der Waals surface area contributed by atoms with Crippen molar-refractivity contribution < 1.29 is 19.0 Å². The lowest BCUT2D eigenvalue weighted by Crippen LogP contribution is -2.12. The Labute approximate surface area is 152 Å². The summed E-state index contributed by atoms with van der Waals surface area (Å²) in [4.78, 5) is 12.4. The lowest BCUT2D eigenvalue weighted by Gasteiger charge is -2.12. The Morgan fingerprint density at radius 2 is 1.76 bits per heavy atom. The molecule has 0 unspecified atom stereocenters. The van der Waals surface area contributed by atoms with Gasteiger partial charge in [-0.15, -0.1) is 0 Å². The van der Waals surface area contributed by atoms with Crippen molar-refractivity contribution in [1.82, 2.24) is 0 Å². The van der Waals surface area contributed by atoms with Crippen LogP contribution in [0.15, 0.2) is 36.4 Å². The van der Waals surface area contributed by atoms with Crippen LogP contribution in [-0.2, 0) is 0 Å². The third kappa shape index (κ3) is 5.03. The van der Waals surface area contributed by atoms with Crippen molar-refractivity contribution in [2.75, 3.05) is 26.1 Å². The average Bonchev–Trinajstić information content (AvgIpc) is 2.62. The maximum absolute atomic E-state index is 12.4. The summed E-state index contributed by atoms with van der Waals surface area (Å²) in [5.41, 5.74) is 1.05. The Hall–Kier alpha value is -2.40. The van der Waals surface area contributed by atoms with Gasteiger partial charge >= 0.3 is 0 Å². The SMILES string of the molecule is CCCCOc1ccc(C(=O)Nc2ccc(OC)c(Cl)c2)cc1OC. The van der Waals surface area contributed by atoms with Crippen LogP contribution in [0.25, 0.3) is 0 Å². The highest BCUT2D eigenvalue weighted by atomic mass is 35.5. The molecule has 2 aromatic rings. The lowest BCUT2D eigenvalue weighted by molar-refractivity contribution is 0.102. The van der Waals surface area contributed by atoms with E-state index in [0.717, 1.165) is 12.8 Å². The molecule has 0 heterocycles. The molecule has 2 rings (SSSR count). The first-order valence-corrected chi connectivity index (χ1v) is 8.42. The van der Waals surface area contributed by atoms with Crippen LogP contribution >= 0.6 is 11.6 Å². The van der Waals surface area contributed by atoms with Crippen molar-refractivity contribution in [2.45, 2.75) is 19.8 Å². The molecule has 0 aliphatic carbocycles. The normalized spacial score (nSPS) is 10.2. The van der Waals surface area contributed by atoms with E-state index in [4.69, 9.17) is 25.8 Å². The quantitative estimate of drug-likeness (QED) is 0.685. The summed E-state index contributed by atoms with van der Waals surface area (Å²) in [5, 5.41) is 3.23. The third-order valence-electron chi connectivity index (χ3n) is 3.59. The molecule has 0 aliphatic heterocycles. The van der Waals surface area contributed by atoms with Gasteiger partial charge < -0.3 is 19.5 Å². The van der Waals surface area contributed by atoms with Gasteiger partial charge in [0.1, 0.15) is 5.75 Å². The number of amides is 1. The molecule has 0 radical (unpaired) electrons. The highest BCUT2D eigenvalue weighted by molar-refractivity contribution is 6.32. The van der Waals surface area contributed by atoms with Crippen molar-refractivity contribution in [1.29, 1.82) is 0 Å². The number of methoxy groups -OCH3 is 2. The van der Waals surface area contributed by atoms with Crippen LogP contribution in [0.3, 0.4) is 0 Å². The monoisotopic (exact) mass is 363 g/mol. The molecule has 0 spiro atoms. The van der Waals surface area contributed by atoms with Gasteiger partial charge in [-0.1, -0.05) is 24.9 Å². The Balaban J connectivity index is 2.12. The molecule has 1 amide bonds. The van der Waals surface area contributed by atoms with E-state index in [1.807, 2.05) is 0 Å². The molecule has 0 bridgehead atoms. The molecule has 0 atom stereocenters. The molecule has 0 saturated heterocycles. The summed E-state index contributed by atoms with van der Waals surface area (Å²) in [7, 11) is 3.09. The van der Waals surface area contributed by atoms with Gasteiger partial charge in [-0.3, -0.25) is 4.79 Å². The van der Waals surface area contributed by atoms with Gasteiger partial charge in [-0.25, -0.2) is 0 Å². The van der Waals surface area contributed by atoms with Gasteiger partial charge in [-0.2, -0.15) is 0 Å². The summed E-state index contributed by atoms with van der Waals surface area (Å²) < 4.78 is 16.1. The lowest BCUT2D eigenvalue weighted by atomic mass is 10.1. The Morgan fingerprint density at radius 1 is 1.04 bits per heavy atom. The van der Waals surface area contributed by atoms with Crippen LogP contribution in [0.2, 0.25) is 5.02 Å². The highest BCUT2D eigenvalue weighted by Crippen LogP contribution is 2.30. The molecule has 1 N–H and O–H groups in total. The molecule has 2 aromatic carbocycles. The van der Waals surface area contributed by atoms with Crippen LogP contribution in [-0.4, -0.2) is 26.7 Å². The molecule has 0 saturated carbocycles. The summed E-state index contributed by atoms with van der Waals surface area (Å²) in [6.45, 7) is 2.71. The van der Waals surface area contributed by atoms with Crippen molar-refractivity contribution in [3.8, 4) is 17.2 Å². The second-order valence-electron chi connectivity index (χ2n) is 5.37. The fraction of sp³-hybridized carbons (Fsp3) is 0.316. The molecule has 0 fully saturated rings. The number of anilines is 1. The molecule has 5 nitrogen and oxygen atoms in total. The largest absolute Gasteiger partial charge is 0.495 e. The van der Waals surface area contributed by atoms with E-state index in [9.17, 15) is 4.79 Å². The van der Waals surface area contributed by atoms with E-state index in [-0.39, 0.29) is 5.91 Å². The summed E-state index contributed by atoms with van der Waals surface area (Å²) >= 11 is 6.08. The number of rotatable bonds is 8. The summed E-state index contributed by atoms with van der Waals surface area (Å²) in [6.07, 6.45) is 2.01. The predicted octanol–water partition coefficient (Wildman–Crippen LogP) is 4.79. The number of hydrogen-bond donors (Lipinski definition) is 1. The molecule has 25 heavy (non-hydrogen) atoms. The maximum atomic E-state index is 12.4. The van der Waals surface area contributed by atoms with Gasteiger partial charge in [0.15, 0.2) is 11.5 Å². The van der Waals surface area contributed by atoms with Crippen LogP contribution in [0.4, 0.5) is 5.69 Å². The summed E-state index contributed by atoms with van der Waals surface area (Å²) in [6, 6.07) is 10.2. The average molecular weight is 364 g/mol. The Morgan fingerprint density at radius 3 is 2.40 bits per heavy atom. The number of carbonyl (C=O) groups excluding carboxylic acids is 1.